The van der Waals surface area contributed by atoms with Crippen LogP contribution in [0.2, 0.25) is 0 Å². The van der Waals surface area contributed by atoms with Gasteiger partial charge in [-0.25, -0.2) is 4.98 Å². The van der Waals surface area contributed by atoms with E-state index in [0.717, 1.165) is 23.6 Å². The van der Waals surface area contributed by atoms with E-state index >= 15 is 0 Å². The van der Waals surface area contributed by atoms with Crippen LogP contribution in [0.1, 0.15) is 0 Å². The van der Waals surface area contributed by atoms with Crippen molar-refractivity contribution in [3.05, 3.63) is 42.7 Å². The zero-order valence-corrected chi connectivity index (χ0v) is 12.8. The Morgan fingerprint density at radius 1 is 1.10 bits per heavy atom. The van der Waals surface area contributed by atoms with Gasteiger partial charge in [-0.1, -0.05) is 30.3 Å². The topological polar surface area (TPSA) is 37.8 Å². The van der Waals surface area contributed by atoms with Crippen LogP contribution in [0, 0.1) is 0 Å². The minimum atomic E-state index is 0.666. The summed E-state index contributed by atoms with van der Waals surface area (Å²) >= 11 is 4.09. The van der Waals surface area contributed by atoms with Crippen molar-refractivity contribution in [2.75, 3.05) is 29.1 Å². The average molecular weight is 303 g/mol. The normalized spacial score (nSPS) is 18.7. The third kappa shape index (κ3) is 3.46. The third-order valence-electron chi connectivity index (χ3n) is 3.13. The van der Waals surface area contributed by atoms with Gasteiger partial charge in [0, 0.05) is 47.0 Å². The predicted molar refractivity (Wildman–Crippen MR) is 89.5 cm³/mol. The van der Waals surface area contributed by atoms with Gasteiger partial charge in [0.25, 0.3) is 0 Å². The van der Waals surface area contributed by atoms with Crippen LogP contribution in [0.3, 0.4) is 0 Å². The summed E-state index contributed by atoms with van der Waals surface area (Å²) < 4.78 is 0. The summed E-state index contributed by atoms with van der Waals surface area (Å²) in [7, 11) is 0. The van der Waals surface area contributed by atoms with Gasteiger partial charge in [0.1, 0.15) is 5.69 Å². The van der Waals surface area contributed by atoms with Crippen LogP contribution >= 0.6 is 23.5 Å². The molecule has 1 aromatic heterocycles. The van der Waals surface area contributed by atoms with Crippen LogP contribution in [0.4, 0.5) is 5.82 Å². The first-order valence-electron chi connectivity index (χ1n) is 6.73. The number of rotatable bonds is 4. The van der Waals surface area contributed by atoms with Crippen molar-refractivity contribution in [1.29, 1.82) is 0 Å². The van der Waals surface area contributed by atoms with Gasteiger partial charge in [0.15, 0.2) is 5.82 Å². The van der Waals surface area contributed by atoms with Gasteiger partial charge in [0.2, 0.25) is 0 Å². The molecule has 0 aliphatic carbocycles. The lowest BCUT2D eigenvalue weighted by atomic mass is 10.1. The summed E-state index contributed by atoms with van der Waals surface area (Å²) in [5, 5.41) is 4.14. The molecule has 0 bridgehead atoms. The summed E-state index contributed by atoms with van der Waals surface area (Å²) in [6.07, 6.45) is 3.50. The first-order chi connectivity index (χ1) is 9.93. The number of hydrogen-bond acceptors (Lipinski definition) is 5. The Morgan fingerprint density at radius 2 is 1.95 bits per heavy atom. The summed E-state index contributed by atoms with van der Waals surface area (Å²) in [5.74, 6) is 4.64. The van der Waals surface area contributed by atoms with Crippen LogP contribution in [0.15, 0.2) is 42.7 Å². The van der Waals surface area contributed by atoms with Crippen LogP contribution in [0.5, 0.6) is 0 Å². The molecule has 0 amide bonds. The Labute approximate surface area is 128 Å². The van der Waals surface area contributed by atoms with Gasteiger partial charge < -0.3 is 5.32 Å². The molecule has 1 atom stereocenters. The fourth-order valence-corrected chi connectivity index (χ4v) is 4.75. The number of benzene rings is 1. The standard InChI is InChI=1S/C15H17N3S2/c1-2-4-12(5-3-1)14-15(17-7-6-16-14)18-10-13-11-19-8-9-20-13/h1-7,13H,8-11H2,(H,17,18). The summed E-state index contributed by atoms with van der Waals surface area (Å²) in [5.41, 5.74) is 2.04. The first kappa shape index (κ1) is 13.8. The van der Waals surface area contributed by atoms with E-state index in [1.54, 1.807) is 12.4 Å². The van der Waals surface area contributed by atoms with Crippen LogP contribution in [-0.4, -0.2) is 39.0 Å². The van der Waals surface area contributed by atoms with Gasteiger partial charge in [-0.15, -0.1) is 0 Å². The molecule has 1 aromatic carbocycles. The quantitative estimate of drug-likeness (QED) is 0.937. The van der Waals surface area contributed by atoms with Gasteiger partial charge in [-0.05, 0) is 0 Å². The SMILES string of the molecule is c1ccc(-c2nccnc2NCC2CSCCS2)cc1. The third-order valence-corrected chi connectivity index (χ3v) is 5.97. The molecule has 1 aliphatic rings. The molecule has 1 saturated heterocycles. The molecule has 20 heavy (non-hydrogen) atoms. The Morgan fingerprint density at radius 3 is 2.75 bits per heavy atom. The molecule has 1 fully saturated rings. The molecule has 1 unspecified atom stereocenters. The van der Waals surface area contributed by atoms with Crippen LogP contribution in [-0.2, 0) is 0 Å². The van der Waals surface area contributed by atoms with E-state index in [0.29, 0.717) is 5.25 Å². The van der Waals surface area contributed by atoms with E-state index in [-0.39, 0.29) is 0 Å². The molecule has 3 rings (SSSR count). The zero-order valence-electron chi connectivity index (χ0n) is 11.2. The van der Waals surface area contributed by atoms with E-state index in [1.807, 2.05) is 30.0 Å². The van der Waals surface area contributed by atoms with E-state index in [2.05, 4.69) is 39.2 Å². The van der Waals surface area contributed by atoms with Gasteiger partial charge in [-0.2, -0.15) is 23.5 Å². The lowest BCUT2D eigenvalue weighted by Gasteiger charge is -2.21. The molecule has 1 aliphatic heterocycles. The Hall–Kier alpha value is -1.20. The van der Waals surface area contributed by atoms with Crippen molar-refractivity contribution in [3.63, 3.8) is 0 Å². The number of nitrogens with one attached hydrogen (secondary N) is 1. The molecule has 0 saturated carbocycles. The number of hydrogen-bond donors (Lipinski definition) is 1. The molecule has 5 heteroatoms. The lowest BCUT2D eigenvalue weighted by molar-refractivity contribution is 0.989. The maximum Gasteiger partial charge on any atom is 0.152 e. The second-order valence-electron chi connectivity index (χ2n) is 4.57. The maximum absolute atomic E-state index is 4.48. The number of anilines is 1. The number of nitrogens with zero attached hydrogens (tertiary/aromatic N) is 2. The monoisotopic (exact) mass is 303 g/mol. The second kappa shape index (κ2) is 6.99. The van der Waals surface area contributed by atoms with E-state index in [9.17, 15) is 0 Å². The zero-order chi connectivity index (χ0) is 13.6. The summed E-state index contributed by atoms with van der Waals surface area (Å²) in [6.45, 7) is 0.955. The van der Waals surface area contributed by atoms with Gasteiger partial charge >= 0.3 is 0 Å². The van der Waals surface area contributed by atoms with Crippen molar-refractivity contribution in [3.8, 4) is 11.3 Å². The van der Waals surface area contributed by atoms with Crippen LogP contribution < -0.4 is 5.32 Å². The van der Waals surface area contributed by atoms with E-state index in [4.69, 9.17) is 0 Å². The van der Waals surface area contributed by atoms with E-state index < -0.39 is 0 Å². The first-order valence-corrected chi connectivity index (χ1v) is 8.93. The molecule has 3 nitrogen and oxygen atoms in total. The second-order valence-corrected chi connectivity index (χ2v) is 7.13. The van der Waals surface area contributed by atoms with E-state index in [1.165, 1.54) is 17.3 Å². The van der Waals surface area contributed by atoms with Crippen molar-refractivity contribution in [1.82, 2.24) is 9.97 Å². The molecule has 2 aromatic rings. The number of thioether (sulfide) groups is 2. The van der Waals surface area contributed by atoms with Crippen molar-refractivity contribution < 1.29 is 0 Å². The largest absolute Gasteiger partial charge is 0.367 e. The van der Waals surface area contributed by atoms with Crippen molar-refractivity contribution in [2.24, 2.45) is 0 Å². The van der Waals surface area contributed by atoms with Gasteiger partial charge in [0.05, 0.1) is 0 Å². The molecule has 0 spiro atoms. The highest BCUT2D eigenvalue weighted by Gasteiger charge is 2.15. The fraction of sp³-hybridized carbons (Fsp3) is 0.333. The summed E-state index contributed by atoms with van der Waals surface area (Å²) in [6, 6.07) is 10.2. The molecule has 0 radical (unpaired) electrons. The molecule has 1 N–H and O–H groups in total. The molecular formula is C15H17N3S2. The Bertz CT molecular complexity index is 542. The Balaban J connectivity index is 1.73. The van der Waals surface area contributed by atoms with Crippen LogP contribution in [0.25, 0.3) is 11.3 Å². The maximum atomic E-state index is 4.48. The smallest absolute Gasteiger partial charge is 0.152 e. The minimum absolute atomic E-state index is 0.666. The highest BCUT2D eigenvalue weighted by atomic mass is 32.2. The fourth-order valence-electron chi connectivity index (χ4n) is 2.14. The number of aromatic nitrogens is 2. The van der Waals surface area contributed by atoms with Gasteiger partial charge in [-0.3, -0.25) is 4.98 Å². The Kier molecular flexibility index (Phi) is 4.82. The molecule has 104 valence electrons. The minimum Gasteiger partial charge on any atom is -0.367 e. The summed E-state index contributed by atoms with van der Waals surface area (Å²) in [4.78, 5) is 8.93. The molecule has 2 heterocycles. The molecular weight excluding hydrogens is 286 g/mol. The highest BCUT2D eigenvalue weighted by Crippen LogP contribution is 2.26. The van der Waals surface area contributed by atoms with Crippen molar-refractivity contribution in [2.45, 2.75) is 5.25 Å². The predicted octanol–water partition coefficient (Wildman–Crippen LogP) is 3.40. The lowest BCUT2D eigenvalue weighted by Crippen LogP contribution is -2.23. The highest BCUT2D eigenvalue weighted by molar-refractivity contribution is 8.06. The average Bonchev–Trinajstić information content (AvgIpc) is 2.55. The van der Waals surface area contributed by atoms with Crippen molar-refractivity contribution >= 4 is 29.3 Å².